The van der Waals surface area contributed by atoms with E-state index >= 15 is 4.39 Å². The summed E-state index contributed by atoms with van der Waals surface area (Å²) in [6.45, 7) is 9.74. The number of nitrogens with one attached hydrogen (secondary N) is 2. The molecular weight excluding hydrogens is 431 g/mol. The highest BCUT2D eigenvalue weighted by Crippen LogP contribution is 2.37. The van der Waals surface area contributed by atoms with Gasteiger partial charge in [-0.1, -0.05) is 12.8 Å². The number of hydrogen-bond donors (Lipinski definition) is 3. The van der Waals surface area contributed by atoms with Crippen LogP contribution >= 0.6 is 0 Å². The molecule has 6 heteroatoms. The van der Waals surface area contributed by atoms with Crippen LogP contribution < -0.4 is 10.6 Å². The monoisotopic (exact) mass is 466 g/mol. The highest BCUT2D eigenvalue weighted by Gasteiger charge is 2.20. The van der Waals surface area contributed by atoms with Crippen LogP contribution in [0, 0.1) is 33.5 Å². The molecule has 0 spiro atoms. The van der Waals surface area contributed by atoms with Gasteiger partial charge < -0.3 is 15.7 Å². The van der Waals surface area contributed by atoms with Crippen molar-refractivity contribution in [3.8, 4) is 11.1 Å². The van der Waals surface area contributed by atoms with Crippen LogP contribution in [0.2, 0.25) is 0 Å². The van der Waals surface area contributed by atoms with Gasteiger partial charge in [-0.25, -0.2) is 4.39 Å². The zero-order chi connectivity index (χ0) is 25.0. The number of rotatable bonds is 8. The van der Waals surface area contributed by atoms with E-state index in [2.05, 4.69) is 10.6 Å². The summed E-state index contributed by atoms with van der Waals surface area (Å²) in [6, 6.07) is 5.84. The van der Waals surface area contributed by atoms with Gasteiger partial charge in [-0.15, -0.1) is 0 Å². The maximum Gasteiger partial charge on any atom is 0.305 e. The molecule has 1 aliphatic rings. The number of amides is 1. The van der Waals surface area contributed by atoms with Crippen LogP contribution in [0.4, 0.5) is 10.1 Å². The third-order valence-corrected chi connectivity index (χ3v) is 6.99. The Hall–Kier alpha value is -3.15. The highest BCUT2D eigenvalue weighted by molar-refractivity contribution is 5.98. The first-order valence-corrected chi connectivity index (χ1v) is 11.9. The lowest BCUT2D eigenvalue weighted by Crippen LogP contribution is -2.26. The van der Waals surface area contributed by atoms with Crippen molar-refractivity contribution in [2.75, 3.05) is 11.9 Å². The number of carbonyl (C=O) groups excluding carboxylic acids is 1. The zero-order valence-electron chi connectivity index (χ0n) is 20.8. The smallest absolute Gasteiger partial charge is 0.305 e. The van der Waals surface area contributed by atoms with Gasteiger partial charge in [-0.05, 0) is 105 Å². The third-order valence-electron chi connectivity index (χ3n) is 6.99. The Morgan fingerprint density at radius 2 is 1.68 bits per heavy atom. The summed E-state index contributed by atoms with van der Waals surface area (Å²) in [7, 11) is 0. The summed E-state index contributed by atoms with van der Waals surface area (Å²) in [4.78, 5) is 23.1. The summed E-state index contributed by atoms with van der Waals surface area (Å²) in [5.74, 6) is -1.49. The van der Waals surface area contributed by atoms with E-state index in [4.69, 9.17) is 5.11 Å². The standard InChI is InChI=1S/C28H35FN2O3/c1-16(28(34)30-13-12-26(32)33)14-24-17(2)19(4)27(20(5)18(24)3)23-11-10-22(15-25(23)29)31-21-8-6-7-9-21/h10-11,14-15,21,31H,6-9,12-13H2,1-5H3,(H,30,34)(H,32,33). The van der Waals surface area contributed by atoms with E-state index in [0.29, 0.717) is 17.2 Å². The van der Waals surface area contributed by atoms with Crippen molar-refractivity contribution >= 4 is 23.6 Å². The van der Waals surface area contributed by atoms with Crippen LogP contribution in [-0.2, 0) is 9.59 Å². The molecule has 2 aromatic carbocycles. The molecule has 3 rings (SSSR count). The van der Waals surface area contributed by atoms with E-state index in [9.17, 15) is 9.59 Å². The Morgan fingerprint density at radius 3 is 2.24 bits per heavy atom. The van der Waals surface area contributed by atoms with Crippen LogP contribution in [0.15, 0.2) is 23.8 Å². The van der Waals surface area contributed by atoms with E-state index < -0.39 is 5.97 Å². The predicted molar refractivity (Wildman–Crippen MR) is 136 cm³/mol. The second-order valence-electron chi connectivity index (χ2n) is 9.34. The van der Waals surface area contributed by atoms with Crippen molar-refractivity contribution in [1.29, 1.82) is 0 Å². The Morgan fingerprint density at radius 1 is 1.06 bits per heavy atom. The first-order chi connectivity index (χ1) is 16.1. The molecule has 0 saturated heterocycles. The minimum Gasteiger partial charge on any atom is -0.481 e. The molecule has 182 valence electrons. The van der Waals surface area contributed by atoms with Crippen molar-refractivity contribution in [2.45, 2.75) is 72.8 Å². The molecule has 1 saturated carbocycles. The van der Waals surface area contributed by atoms with Crippen LogP contribution in [-0.4, -0.2) is 29.6 Å². The number of aliphatic carboxylic acids is 1. The van der Waals surface area contributed by atoms with Crippen LogP contribution in [0.5, 0.6) is 0 Å². The number of halogens is 1. The van der Waals surface area contributed by atoms with Crippen LogP contribution in [0.3, 0.4) is 0 Å². The second kappa shape index (κ2) is 10.9. The average Bonchev–Trinajstić information content (AvgIpc) is 3.29. The van der Waals surface area contributed by atoms with Crippen molar-refractivity contribution in [3.05, 3.63) is 57.4 Å². The van der Waals surface area contributed by atoms with Gasteiger partial charge in [-0.3, -0.25) is 9.59 Å². The fourth-order valence-electron chi connectivity index (χ4n) is 4.78. The van der Waals surface area contributed by atoms with Crippen molar-refractivity contribution in [3.63, 3.8) is 0 Å². The number of carboxylic acids is 1. The molecular formula is C28H35FN2O3. The van der Waals surface area contributed by atoms with Gasteiger partial charge in [0.1, 0.15) is 5.82 Å². The molecule has 0 aromatic heterocycles. The normalized spacial score (nSPS) is 14.4. The van der Waals surface area contributed by atoms with Gasteiger partial charge in [0.05, 0.1) is 6.42 Å². The van der Waals surface area contributed by atoms with E-state index in [1.165, 1.54) is 12.8 Å². The summed E-state index contributed by atoms with van der Waals surface area (Å²) in [5.41, 5.74) is 7.65. The first kappa shape index (κ1) is 25.5. The lowest BCUT2D eigenvalue weighted by molar-refractivity contribution is -0.136. The van der Waals surface area contributed by atoms with E-state index in [1.54, 1.807) is 13.0 Å². The largest absolute Gasteiger partial charge is 0.481 e. The third kappa shape index (κ3) is 5.66. The molecule has 0 heterocycles. The fraction of sp³-hybridized carbons (Fsp3) is 0.429. The molecule has 5 nitrogen and oxygen atoms in total. The Balaban J connectivity index is 1.91. The molecule has 0 radical (unpaired) electrons. The van der Waals surface area contributed by atoms with Gasteiger partial charge >= 0.3 is 5.97 Å². The molecule has 0 unspecified atom stereocenters. The summed E-state index contributed by atoms with van der Waals surface area (Å²) in [6.07, 6.45) is 6.41. The number of hydrogen-bond acceptors (Lipinski definition) is 3. The Labute approximate surface area is 201 Å². The molecule has 1 aliphatic carbocycles. The lowest BCUT2D eigenvalue weighted by Gasteiger charge is -2.21. The molecule has 1 amide bonds. The molecule has 0 bridgehead atoms. The Kier molecular flexibility index (Phi) is 8.13. The predicted octanol–water partition coefficient (Wildman–Crippen LogP) is 6.08. The molecule has 0 atom stereocenters. The lowest BCUT2D eigenvalue weighted by atomic mass is 9.85. The van der Waals surface area contributed by atoms with Gasteiger partial charge in [0.2, 0.25) is 5.91 Å². The molecule has 2 aromatic rings. The van der Waals surface area contributed by atoms with E-state index in [1.807, 2.05) is 45.9 Å². The summed E-state index contributed by atoms with van der Waals surface area (Å²) >= 11 is 0. The van der Waals surface area contributed by atoms with Crippen molar-refractivity contribution < 1.29 is 19.1 Å². The topological polar surface area (TPSA) is 78.4 Å². The minimum atomic E-state index is -0.954. The summed E-state index contributed by atoms with van der Waals surface area (Å²) < 4.78 is 15.3. The second-order valence-corrected chi connectivity index (χ2v) is 9.34. The quantitative estimate of drug-likeness (QED) is 0.412. The number of anilines is 1. The van der Waals surface area contributed by atoms with E-state index in [-0.39, 0.29) is 24.7 Å². The minimum absolute atomic E-state index is 0.0825. The van der Waals surface area contributed by atoms with Gasteiger partial charge in [0.15, 0.2) is 0 Å². The molecule has 34 heavy (non-hydrogen) atoms. The van der Waals surface area contributed by atoms with Crippen molar-refractivity contribution in [2.24, 2.45) is 0 Å². The van der Waals surface area contributed by atoms with Gasteiger partial charge in [0, 0.05) is 29.4 Å². The van der Waals surface area contributed by atoms with Crippen LogP contribution in [0.25, 0.3) is 17.2 Å². The zero-order valence-corrected chi connectivity index (χ0v) is 20.8. The van der Waals surface area contributed by atoms with Gasteiger partial charge in [-0.2, -0.15) is 0 Å². The number of benzene rings is 2. The van der Waals surface area contributed by atoms with E-state index in [0.717, 1.165) is 51.9 Å². The highest BCUT2D eigenvalue weighted by atomic mass is 19.1. The maximum absolute atomic E-state index is 15.3. The average molecular weight is 467 g/mol. The van der Waals surface area contributed by atoms with Gasteiger partial charge in [0.25, 0.3) is 0 Å². The SMILES string of the molecule is CC(=Cc1c(C)c(C)c(-c2ccc(NC3CCCC3)cc2F)c(C)c1C)C(=O)NCCC(=O)O. The van der Waals surface area contributed by atoms with Crippen LogP contribution in [0.1, 0.15) is 66.8 Å². The first-order valence-electron chi connectivity index (χ1n) is 11.9. The fourth-order valence-corrected chi connectivity index (χ4v) is 4.78. The molecule has 3 N–H and O–H groups in total. The Bertz CT molecular complexity index is 1100. The summed E-state index contributed by atoms with van der Waals surface area (Å²) in [5, 5.41) is 14.8. The maximum atomic E-state index is 15.3. The molecule has 0 aliphatic heterocycles. The molecule has 1 fully saturated rings. The number of carboxylic acid groups (broad SMARTS) is 1. The number of carbonyl (C=O) groups is 2. The van der Waals surface area contributed by atoms with Crippen molar-refractivity contribution in [1.82, 2.24) is 5.32 Å².